The van der Waals surface area contributed by atoms with E-state index in [4.69, 9.17) is 5.73 Å². The number of rotatable bonds is 3. The van der Waals surface area contributed by atoms with Crippen molar-refractivity contribution in [3.63, 3.8) is 0 Å². The molecule has 2 nitrogen and oxygen atoms in total. The maximum Gasteiger partial charge on any atom is 0.0608 e. The van der Waals surface area contributed by atoms with E-state index in [2.05, 4.69) is 6.92 Å². The zero-order valence-electron chi connectivity index (χ0n) is 10.4. The summed E-state index contributed by atoms with van der Waals surface area (Å²) in [5.74, 6) is 1.80. The smallest absolute Gasteiger partial charge is 0.0608 e. The molecule has 4 saturated carbocycles. The van der Waals surface area contributed by atoms with Gasteiger partial charge in [-0.1, -0.05) is 6.92 Å². The monoisotopic (exact) mass is 223 g/mol. The molecule has 0 saturated heterocycles. The molecular formula is C14H25NO. The Morgan fingerprint density at radius 3 is 2.38 bits per heavy atom. The van der Waals surface area contributed by atoms with E-state index in [1.54, 1.807) is 0 Å². The zero-order valence-corrected chi connectivity index (χ0v) is 10.4. The summed E-state index contributed by atoms with van der Waals surface area (Å²) in [5.41, 5.74) is 6.41. The fourth-order valence-electron chi connectivity index (χ4n) is 5.65. The Labute approximate surface area is 98.6 Å². The van der Waals surface area contributed by atoms with Crippen molar-refractivity contribution in [2.45, 2.75) is 58.0 Å². The Hall–Kier alpha value is -0.0800. The Bertz CT molecular complexity index is 274. The lowest BCUT2D eigenvalue weighted by atomic mass is 9.43. The van der Waals surface area contributed by atoms with Gasteiger partial charge in [-0.05, 0) is 74.2 Å². The lowest BCUT2D eigenvalue weighted by molar-refractivity contribution is -0.154. The molecule has 0 radical (unpaired) electrons. The summed E-state index contributed by atoms with van der Waals surface area (Å²) in [6.45, 7) is 3.09. The third-order valence-corrected chi connectivity index (χ3v) is 5.55. The van der Waals surface area contributed by atoms with Gasteiger partial charge in [0, 0.05) is 0 Å². The van der Waals surface area contributed by atoms with Crippen LogP contribution in [0.5, 0.6) is 0 Å². The van der Waals surface area contributed by atoms with Crippen molar-refractivity contribution in [1.29, 1.82) is 0 Å². The molecule has 4 bridgehead atoms. The van der Waals surface area contributed by atoms with E-state index in [-0.39, 0.29) is 11.5 Å². The van der Waals surface area contributed by atoms with Gasteiger partial charge >= 0.3 is 0 Å². The minimum absolute atomic E-state index is 0.136. The minimum atomic E-state index is -0.136. The molecule has 3 unspecified atom stereocenters. The summed E-state index contributed by atoms with van der Waals surface area (Å²) in [6, 6.07) is 0. The van der Waals surface area contributed by atoms with Gasteiger partial charge in [-0.3, -0.25) is 0 Å². The molecule has 16 heavy (non-hydrogen) atoms. The van der Waals surface area contributed by atoms with Gasteiger partial charge in [0.2, 0.25) is 0 Å². The Morgan fingerprint density at radius 2 is 1.88 bits per heavy atom. The van der Waals surface area contributed by atoms with Crippen LogP contribution < -0.4 is 5.73 Å². The highest BCUT2D eigenvalue weighted by molar-refractivity contribution is 5.08. The molecule has 92 valence electrons. The third kappa shape index (κ3) is 1.53. The zero-order chi connectivity index (χ0) is 11.4. The predicted octanol–water partition coefficient (Wildman–Crippen LogP) is 2.30. The van der Waals surface area contributed by atoms with Crippen LogP contribution >= 0.6 is 0 Å². The molecule has 0 heterocycles. The van der Waals surface area contributed by atoms with Crippen molar-refractivity contribution in [2.24, 2.45) is 28.4 Å². The van der Waals surface area contributed by atoms with Gasteiger partial charge < -0.3 is 10.8 Å². The lowest BCUT2D eigenvalue weighted by Gasteiger charge is -2.62. The lowest BCUT2D eigenvalue weighted by Crippen LogP contribution is -2.55. The van der Waals surface area contributed by atoms with Crippen molar-refractivity contribution >= 4 is 0 Å². The van der Waals surface area contributed by atoms with Crippen molar-refractivity contribution in [3.05, 3.63) is 0 Å². The van der Waals surface area contributed by atoms with Crippen molar-refractivity contribution in [3.8, 4) is 0 Å². The van der Waals surface area contributed by atoms with Gasteiger partial charge in [-0.25, -0.2) is 0 Å². The van der Waals surface area contributed by atoms with Crippen LogP contribution in [0.15, 0.2) is 0 Å². The molecule has 0 aromatic rings. The van der Waals surface area contributed by atoms with Crippen LogP contribution in [-0.4, -0.2) is 17.8 Å². The van der Waals surface area contributed by atoms with Crippen molar-refractivity contribution in [2.75, 3.05) is 6.54 Å². The summed E-state index contributed by atoms with van der Waals surface area (Å²) >= 11 is 0. The van der Waals surface area contributed by atoms with Crippen LogP contribution in [0, 0.1) is 22.7 Å². The SMILES string of the molecule is CC12CC3CC(C1)CC(C(O)CCN)(C3)C2. The largest absolute Gasteiger partial charge is 0.393 e. The first kappa shape index (κ1) is 11.0. The maximum atomic E-state index is 10.4. The van der Waals surface area contributed by atoms with Gasteiger partial charge in [-0.2, -0.15) is 0 Å². The molecule has 4 aliphatic carbocycles. The molecule has 3 atom stereocenters. The normalized spacial score (nSPS) is 51.9. The van der Waals surface area contributed by atoms with Gasteiger partial charge in [0.05, 0.1) is 6.10 Å². The average molecular weight is 223 g/mol. The highest BCUT2D eigenvalue weighted by atomic mass is 16.3. The highest BCUT2D eigenvalue weighted by Gasteiger charge is 2.57. The second kappa shape index (κ2) is 3.46. The van der Waals surface area contributed by atoms with Crippen molar-refractivity contribution in [1.82, 2.24) is 0 Å². The second-order valence-corrected chi connectivity index (χ2v) is 7.23. The molecule has 4 rings (SSSR count). The standard InChI is InChI=1S/C14H25NO/c1-13-5-10-4-11(6-13)8-14(7-10,9-13)12(16)2-3-15/h10-12,16H,2-9,15H2,1H3. The number of nitrogens with two attached hydrogens (primary N) is 1. The summed E-state index contributed by atoms with van der Waals surface area (Å²) in [5, 5.41) is 10.4. The van der Waals surface area contributed by atoms with Gasteiger partial charge in [0.1, 0.15) is 0 Å². The van der Waals surface area contributed by atoms with E-state index in [0.717, 1.165) is 18.3 Å². The molecule has 0 aliphatic heterocycles. The van der Waals surface area contributed by atoms with Crippen LogP contribution in [0.3, 0.4) is 0 Å². The van der Waals surface area contributed by atoms with Crippen LogP contribution in [-0.2, 0) is 0 Å². The molecule has 0 aromatic heterocycles. The number of hydrogen-bond donors (Lipinski definition) is 2. The van der Waals surface area contributed by atoms with E-state index in [0.29, 0.717) is 12.0 Å². The van der Waals surface area contributed by atoms with Crippen molar-refractivity contribution < 1.29 is 5.11 Å². The molecule has 0 spiro atoms. The first-order valence-corrected chi connectivity index (χ1v) is 6.93. The summed E-state index contributed by atoms with van der Waals surface area (Å²) in [6.07, 6.45) is 8.75. The first-order chi connectivity index (χ1) is 7.55. The van der Waals surface area contributed by atoms with E-state index < -0.39 is 0 Å². The Balaban J connectivity index is 1.86. The predicted molar refractivity (Wildman–Crippen MR) is 64.9 cm³/mol. The van der Waals surface area contributed by atoms with Crippen LogP contribution in [0.4, 0.5) is 0 Å². The molecule has 4 fully saturated rings. The first-order valence-electron chi connectivity index (χ1n) is 6.93. The Kier molecular flexibility index (Phi) is 2.38. The van der Waals surface area contributed by atoms with Gasteiger partial charge in [0.15, 0.2) is 0 Å². The number of aliphatic hydroxyl groups is 1. The average Bonchev–Trinajstić information content (AvgIpc) is 2.13. The third-order valence-electron chi connectivity index (χ3n) is 5.55. The summed E-state index contributed by atoms with van der Waals surface area (Å²) in [4.78, 5) is 0. The van der Waals surface area contributed by atoms with Crippen LogP contribution in [0.1, 0.15) is 51.9 Å². The Morgan fingerprint density at radius 1 is 1.25 bits per heavy atom. The molecule has 4 aliphatic rings. The van der Waals surface area contributed by atoms with E-state index in [1.165, 1.54) is 38.5 Å². The fraction of sp³-hybridized carbons (Fsp3) is 1.00. The van der Waals surface area contributed by atoms with E-state index >= 15 is 0 Å². The fourth-order valence-corrected chi connectivity index (χ4v) is 5.65. The van der Waals surface area contributed by atoms with Crippen LogP contribution in [0.2, 0.25) is 0 Å². The molecule has 0 aromatic carbocycles. The van der Waals surface area contributed by atoms with Gasteiger partial charge in [0.25, 0.3) is 0 Å². The number of hydrogen-bond acceptors (Lipinski definition) is 2. The number of aliphatic hydroxyl groups excluding tert-OH is 1. The second-order valence-electron chi connectivity index (χ2n) is 7.23. The molecular weight excluding hydrogens is 198 g/mol. The van der Waals surface area contributed by atoms with E-state index in [9.17, 15) is 5.11 Å². The summed E-state index contributed by atoms with van der Waals surface area (Å²) < 4.78 is 0. The van der Waals surface area contributed by atoms with E-state index in [1.807, 2.05) is 0 Å². The molecule has 0 amide bonds. The minimum Gasteiger partial charge on any atom is -0.393 e. The maximum absolute atomic E-state index is 10.4. The molecule has 2 heteroatoms. The summed E-state index contributed by atoms with van der Waals surface area (Å²) in [7, 11) is 0. The quantitative estimate of drug-likeness (QED) is 0.771. The topological polar surface area (TPSA) is 46.2 Å². The highest BCUT2D eigenvalue weighted by Crippen LogP contribution is 2.66. The van der Waals surface area contributed by atoms with Gasteiger partial charge in [-0.15, -0.1) is 0 Å². The molecule has 3 N–H and O–H groups in total. The van der Waals surface area contributed by atoms with Crippen LogP contribution in [0.25, 0.3) is 0 Å².